The second-order valence-electron chi connectivity index (χ2n) is 4.54. The maximum atomic E-state index is 11.4. The molecule has 2 atom stereocenters. The van der Waals surface area contributed by atoms with Crippen LogP contribution in [0.15, 0.2) is 12.3 Å². The zero-order valence-electron chi connectivity index (χ0n) is 9.68. The minimum atomic E-state index is -0.105. The summed E-state index contributed by atoms with van der Waals surface area (Å²) in [6.45, 7) is 4.12. The number of nitrogens with two attached hydrogens (primary N) is 1. The fraction of sp³-hybridized carbons (Fsp3) is 0.636. The van der Waals surface area contributed by atoms with Crippen molar-refractivity contribution < 1.29 is 4.79 Å². The highest BCUT2D eigenvalue weighted by Gasteiger charge is 2.29. The number of carbonyl (C=O) groups is 1. The molecule has 1 aromatic heterocycles. The Morgan fingerprint density at radius 2 is 2.38 bits per heavy atom. The number of hydrogen-bond donors (Lipinski definition) is 2. The number of nitrogens with one attached hydrogen (secondary N) is 1. The molecule has 5 nitrogen and oxygen atoms in total. The molecule has 0 aromatic carbocycles. The fourth-order valence-electron chi connectivity index (χ4n) is 2.11. The van der Waals surface area contributed by atoms with E-state index in [1.54, 1.807) is 6.20 Å². The SMILES string of the molecule is CC(C)n1nccc1[C@@H]1NC(=O)CC[C@H]1N. The van der Waals surface area contributed by atoms with Gasteiger partial charge in [0.25, 0.3) is 0 Å². The van der Waals surface area contributed by atoms with Gasteiger partial charge in [0, 0.05) is 24.7 Å². The summed E-state index contributed by atoms with van der Waals surface area (Å²) in [6.07, 6.45) is 3.01. The van der Waals surface area contributed by atoms with Crippen molar-refractivity contribution in [1.82, 2.24) is 15.1 Å². The second-order valence-corrected chi connectivity index (χ2v) is 4.54. The van der Waals surface area contributed by atoms with Crippen molar-refractivity contribution in [1.29, 1.82) is 0 Å². The van der Waals surface area contributed by atoms with Crippen LogP contribution in [-0.2, 0) is 4.79 Å². The molecule has 0 spiro atoms. The van der Waals surface area contributed by atoms with Gasteiger partial charge in [-0.2, -0.15) is 5.10 Å². The smallest absolute Gasteiger partial charge is 0.220 e. The van der Waals surface area contributed by atoms with Crippen LogP contribution in [0, 0.1) is 0 Å². The molecule has 1 aliphatic heterocycles. The number of nitrogens with zero attached hydrogens (tertiary/aromatic N) is 2. The lowest BCUT2D eigenvalue weighted by Gasteiger charge is -2.30. The van der Waals surface area contributed by atoms with Gasteiger partial charge in [0.2, 0.25) is 5.91 Å². The van der Waals surface area contributed by atoms with E-state index in [1.165, 1.54) is 0 Å². The van der Waals surface area contributed by atoms with Gasteiger partial charge in [-0.1, -0.05) is 0 Å². The number of piperidine rings is 1. The zero-order valence-corrected chi connectivity index (χ0v) is 9.68. The number of amides is 1. The molecule has 0 bridgehead atoms. The molecule has 0 aliphatic carbocycles. The van der Waals surface area contributed by atoms with E-state index in [0.717, 1.165) is 12.1 Å². The Hall–Kier alpha value is -1.36. The van der Waals surface area contributed by atoms with Gasteiger partial charge < -0.3 is 11.1 Å². The van der Waals surface area contributed by atoms with Crippen LogP contribution in [0.3, 0.4) is 0 Å². The molecule has 1 saturated heterocycles. The van der Waals surface area contributed by atoms with E-state index in [9.17, 15) is 4.79 Å². The van der Waals surface area contributed by atoms with E-state index in [1.807, 2.05) is 10.7 Å². The summed E-state index contributed by atoms with van der Waals surface area (Å²) < 4.78 is 1.91. The van der Waals surface area contributed by atoms with E-state index in [4.69, 9.17) is 5.73 Å². The predicted molar refractivity (Wildman–Crippen MR) is 60.7 cm³/mol. The highest BCUT2D eigenvalue weighted by Crippen LogP contribution is 2.24. The van der Waals surface area contributed by atoms with Crippen LogP contribution in [0.25, 0.3) is 0 Å². The monoisotopic (exact) mass is 222 g/mol. The van der Waals surface area contributed by atoms with Crippen molar-refractivity contribution in [3.63, 3.8) is 0 Å². The minimum Gasteiger partial charge on any atom is -0.346 e. The third-order valence-corrected chi connectivity index (χ3v) is 2.96. The Balaban J connectivity index is 2.27. The third kappa shape index (κ3) is 1.95. The number of aromatic nitrogens is 2. The van der Waals surface area contributed by atoms with Crippen LogP contribution >= 0.6 is 0 Å². The summed E-state index contributed by atoms with van der Waals surface area (Å²) in [5.74, 6) is 0.0724. The molecule has 0 saturated carbocycles. The first kappa shape index (κ1) is 11.1. The third-order valence-electron chi connectivity index (χ3n) is 2.96. The van der Waals surface area contributed by atoms with Crippen LogP contribution in [0.4, 0.5) is 0 Å². The summed E-state index contributed by atoms with van der Waals surface area (Å²) in [4.78, 5) is 11.4. The number of carbonyl (C=O) groups excluding carboxylic acids is 1. The van der Waals surface area contributed by atoms with Gasteiger partial charge in [-0.25, -0.2) is 0 Å². The van der Waals surface area contributed by atoms with Crippen LogP contribution in [0.2, 0.25) is 0 Å². The molecule has 5 heteroatoms. The summed E-state index contributed by atoms with van der Waals surface area (Å²) >= 11 is 0. The highest BCUT2D eigenvalue weighted by molar-refractivity contribution is 5.77. The Kier molecular flexibility index (Phi) is 2.96. The molecule has 1 fully saturated rings. The highest BCUT2D eigenvalue weighted by atomic mass is 16.1. The van der Waals surface area contributed by atoms with Crippen LogP contribution in [0.1, 0.15) is 44.5 Å². The number of hydrogen-bond acceptors (Lipinski definition) is 3. The fourth-order valence-corrected chi connectivity index (χ4v) is 2.11. The Bertz CT molecular complexity index is 385. The van der Waals surface area contributed by atoms with E-state index in [-0.39, 0.29) is 24.0 Å². The zero-order chi connectivity index (χ0) is 11.7. The van der Waals surface area contributed by atoms with E-state index in [0.29, 0.717) is 6.42 Å². The molecule has 2 rings (SSSR count). The van der Waals surface area contributed by atoms with Crippen molar-refractivity contribution >= 4 is 5.91 Å². The average molecular weight is 222 g/mol. The normalized spacial score (nSPS) is 25.9. The number of rotatable bonds is 2. The second kappa shape index (κ2) is 4.25. The van der Waals surface area contributed by atoms with Gasteiger partial charge >= 0.3 is 0 Å². The lowest BCUT2D eigenvalue weighted by Crippen LogP contribution is -2.46. The summed E-state index contributed by atoms with van der Waals surface area (Å²) in [5.41, 5.74) is 7.04. The predicted octanol–water partition coefficient (Wildman–Crippen LogP) is 0.742. The maximum Gasteiger partial charge on any atom is 0.220 e. The molecule has 3 N–H and O–H groups in total. The largest absolute Gasteiger partial charge is 0.346 e. The van der Waals surface area contributed by atoms with Gasteiger partial charge in [-0.3, -0.25) is 9.48 Å². The molecular formula is C11H18N4O. The Labute approximate surface area is 95.0 Å². The first-order valence-corrected chi connectivity index (χ1v) is 5.68. The Morgan fingerprint density at radius 1 is 1.62 bits per heavy atom. The topological polar surface area (TPSA) is 72.9 Å². The molecule has 1 aliphatic rings. The molecule has 2 heterocycles. The molecule has 1 amide bonds. The molecule has 88 valence electrons. The first-order valence-electron chi connectivity index (χ1n) is 5.68. The molecule has 0 unspecified atom stereocenters. The minimum absolute atomic E-state index is 0.0214. The molecule has 16 heavy (non-hydrogen) atoms. The van der Waals surface area contributed by atoms with Gasteiger partial charge in [0.05, 0.1) is 11.7 Å². The first-order chi connectivity index (χ1) is 7.59. The molecular weight excluding hydrogens is 204 g/mol. The quantitative estimate of drug-likeness (QED) is 0.775. The van der Waals surface area contributed by atoms with Crippen molar-refractivity contribution in [2.45, 2.75) is 44.8 Å². The van der Waals surface area contributed by atoms with E-state index >= 15 is 0 Å². The van der Waals surface area contributed by atoms with Crippen molar-refractivity contribution in [2.75, 3.05) is 0 Å². The molecule has 1 aromatic rings. The van der Waals surface area contributed by atoms with E-state index < -0.39 is 0 Å². The maximum absolute atomic E-state index is 11.4. The van der Waals surface area contributed by atoms with Crippen molar-refractivity contribution in [3.05, 3.63) is 18.0 Å². The summed E-state index contributed by atoms with van der Waals surface area (Å²) in [6, 6.07) is 2.07. The summed E-state index contributed by atoms with van der Waals surface area (Å²) in [5, 5.41) is 7.20. The lowest BCUT2D eigenvalue weighted by atomic mass is 9.96. The van der Waals surface area contributed by atoms with Crippen molar-refractivity contribution in [2.24, 2.45) is 5.73 Å². The van der Waals surface area contributed by atoms with Crippen LogP contribution < -0.4 is 11.1 Å². The van der Waals surface area contributed by atoms with Gasteiger partial charge in [0.15, 0.2) is 0 Å². The van der Waals surface area contributed by atoms with E-state index in [2.05, 4.69) is 24.3 Å². The summed E-state index contributed by atoms with van der Waals surface area (Å²) in [7, 11) is 0. The lowest BCUT2D eigenvalue weighted by molar-refractivity contribution is -0.123. The van der Waals surface area contributed by atoms with Crippen molar-refractivity contribution in [3.8, 4) is 0 Å². The standard InChI is InChI=1S/C11H18N4O/c1-7(2)15-9(5-6-13-15)11-8(12)3-4-10(16)14-11/h5-8,11H,3-4,12H2,1-2H3,(H,14,16)/t8-,11-/m1/s1. The molecule has 0 radical (unpaired) electrons. The average Bonchev–Trinajstić information content (AvgIpc) is 2.70. The van der Waals surface area contributed by atoms with Gasteiger partial charge in [0.1, 0.15) is 0 Å². The Morgan fingerprint density at radius 3 is 3.06 bits per heavy atom. The van der Waals surface area contributed by atoms with Crippen LogP contribution in [-0.4, -0.2) is 21.7 Å². The van der Waals surface area contributed by atoms with Crippen LogP contribution in [0.5, 0.6) is 0 Å². The van der Waals surface area contributed by atoms with Gasteiger partial charge in [-0.15, -0.1) is 0 Å². The van der Waals surface area contributed by atoms with Gasteiger partial charge in [-0.05, 0) is 26.3 Å².